The quantitative estimate of drug-likeness (QED) is 0.552. The molecule has 8 nitrogen and oxygen atoms in total. The van der Waals surface area contributed by atoms with E-state index >= 15 is 0 Å². The van der Waals surface area contributed by atoms with Crippen molar-refractivity contribution in [1.82, 2.24) is 19.7 Å². The number of rotatable bonds is 6. The zero-order valence-electron chi connectivity index (χ0n) is 15.0. The summed E-state index contributed by atoms with van der Waals surface area (Å²) in [6.45, 7) is 2.75. The number of halogens is 1. The molecule has 0 aliphatic carbocycles. The Bertz CT molecular complexity index is 859. The molecule has 0 radical (unpaired) electrons. The van der Waals surface area contributed by atoms with E-state index < -0.39 is 10.0 Å². The van der Waals surface area contributed by atoms with E-state index in [9.17, 15) is 8.42 Å². The molecule has 11 heteroatoms. The molecule has 1 aliphatic heterocycles. The van der Waals surface area contributed by atoms with Gasteiger partial charge in [0.1, 0.15) is 12.0 Å². The lowest BCUT2D eigenvalue weighted by Gasteiger charge is -2.35. The average molecular weight is 432 g/mol. The Morgan fingerprint density at radius 1 is 1.33 bits per heavy atom. The van der Waals surface area contributed by atoms with Crippen LogP contribution in [-0.2, 0) is 22.2 Å². The Balaban J connectivity index is 1.48. The van der Waals surface area contributed by atoms with Crippen molar-refractivity contribution in [1.29, 1.82) is 0 Å². The lowest BCUT2D eigenvalue weighted by molar-refractivity contribution is 0.260. The van der Waals surface area contributed by atoms with Gasteiger partial charge in [-0.3, -0.25) is 4.99 Å². The Morgan fingerprint density at radius 3 is 2.70 bits per heavy atom. The van der Waals surface area contributed by atoms with Crippen molar-refractivity contribution in [3.63, 3.8) is 0 Å². The second-order valence-corrected chi connectivity index (χ2v) is 9.83. The predicted molar refractivity (Wildman–Crippen MR) is 107 cm³/mol. The lowest BCUT2D eigenvalue weighted by Crippen LogP contribution is -2.54. The number of nitrogens with one attached hydrogen (secondary N) is 1. The highest BCUT2D eigenvalue weighted by Gasteiger charge is 2.28. The van der Waals surface area contributed by atoms with Gasteiger partial charge in [-0.25, -0.2) is 8.42 Å². The van der Waals surface area contributed by atoms with Gasteiger partial charge in [-0.2, -0.15) is 4.31 Å². The molecule has 0 atom stereocenters. The van der Waals surface area contributed by atoms with E-state index in [0.717, 1.165) is 23.3 Å². The fraction of sp³-hybridized carbons (Fsp3) is 0.500. The third-order valence-electron chi connectivity index (χ3n) is 4.25. The van der Waals surface area contributed by atoms with Crippen LogP contribution in [-0.4, -0.2) is 68.5 Å². The number of hydrogen-bond donors (Lipinski definition) is 1. The van der Waals surface area contributed by atoms with Crippen molar-refractivity contribution in [2.45, 2.75) is 12.2 Å². The van der Waals surface area contributed by atoms with E-state index in [2.05, 4.69) is 20.4 Å². The largest absolute Gasteiger partial charge is 0.364 e. The van der Waals surface area contributed by atoms with Crippen LogP contribution in [0.2, 0.25) is 4.34 Å². The number of aliphatic imine (C=N–C) groups is 1. The molecule has 1 fully saturated rings. The van der Waals surface area contributed by atoms with E-state index in [1.807, 2.05) is 12.1 Å². The molecule has 0 bridgehead atoms. The number of nitrogens with zero attached hydrogens (tertiary/aromatic N) is 4. The maximum atomic E-state index is 12.5. The SMILES string of the molecule is CN=C(NCCc1ccc(Cl)s1)N1CCN(S(=O)(=O)Cc2ccon2)CC1. The number of thiophene rings is 1. The summed E-state index contributed by atoms with van der Waals surface area (Å²) in [5, 5.41) is 7.02. The highest BCUT2D eigenvalue weighted by molar-refractivity contribution is 7.88. The molecule has 0 saturated carbocycles. The molecule has 27 heavy (non-hydrogen) atoms. The molecule has 1 N–H and O–H groups in total. The highest BCUT2D eigenvalue weighted by Crippen LogP contribution is 2.21. The topological polar surface area (TPSA) is 91.0 Å². The Kier molecular flexibility index (Phi) is 6.74. The smallest absolute Gasteiger partial charge is 0.220 e. The average Bonchev–Trinajstić information content (AvgIpc) is 3.30. The molecule has 3 heterocycles. The summed E-state index contributed by atoms with van der Waals surface area (Å²) in [6, 6.07) is 5.49. The summed E-state index contributed by atoms with van der Waals surface area (Å²) in [5.74, 6) is 0.644. The van der Waals surface area contributed by atoms with Crippen LogP contribution in [0.1, 0.15) is 10.6 Å². The van der Waals surface area contributed by atoms with Crippen LogP contribution in [0.4, 0.5) is 0 Å². The molecule has 1 aliphatic rings. The Hall–Kier alpha value is -1.62. The van der Waals surface area contributed by atoms with Gasteiger partial charge in [0.25, 0.3) is 0 Å². The van der Waals surface area contributed by atoms with Crippen molar-refractivity contribution in [3.8, 4) is 0 Å². The van der Waals surface area contributed by atoms with Crippen molar-refractivity contribution >= 4 is 38.9 Å². The monoisotopic (exact) mass is 431 g/mol. The third kappa shape index (κ3) is 5.44. The van der Waals surface area contributed by atoms with Gasteiger partial charge in [0, 0.05) is 50.7 Å². The Morgan fingerprint density at radius 2 is 2.11 bits per heavy atom. The van der Waals surface area contributed by atoms with E-state index in [0.29, 0.717) is 31.9 Å². The first-order chi connectivity index (χ1) is 13.0. The predicted octanol–water partition coefficient (Wildman–Crippen LogP) is 1.66. The molecule has 148 valence electrons. The molecule has 0 unspecified atom stereocenters. The molecule has 0 amide bonds. The minimum absolute atomic E-state index is 0.139. The van der Waals surface area contributed by atoms with E-state index in [1.54, 1.807) is 24.5 Å². The van der Waals surface area contributed by atoms with Crippen LogP contribution in [0.3, 0.4) is 0 Å². The van der Waals surface area contributed by atoms with Crippen LogP contribution in [0.15, 0.2) is 34.0 Å². The van der Waals surface area contributed by atoms with Gasteiger partial charge in [0.2, 0.25) is 10.0 Å². The molecule has 0 spiro atoms. The normalized spacial score (nSPS) is 16.7. The van der Waals surface area contributed by atoms with E-state index in [4.69, 9.17) is 16.1 Å². The van der Waals surface area contributed by atoms with Gasteiger partial charge < -0.3 is 14.7 Å². The van der Waals surface area contributed by atoms with Gasteiger partial charge in [0.05, 0.1) is 10.0 Å². The number of aromatic nitrogens is 1. The second-order valence-electron chi connectivity index (χ2n) is 6.06. The number of hydrogen-bond acceptors (Lipinski definition) is 6. The van der Waals surface area contributed by atoms with Gasteiger partial charge >= 0.3 is 0 Å². The summed E-state index contributed by atoms with van der Waals surface area (Å²) in [7, 11) is -1.67. The second kappa shape index (κ2) is 9.05. The standard InChI is InChI=1S/C16H22ClN5O3S2/c1-18-16(19-6-4-14-2-3-15(17)26-14)21-7-9-22(10-8-21)27(23,24)12-13-5-11-25-20-13/h2-3,5,11H,4,6-10,12H2,1H3,(H,18,19). The molecule has 1 saturated heterocycles. The molecular formula is C16H22ClN5O3S2. The third-order valence-corrected chi connectivity index (χ3v) is 7.35. The van der Waals surface area contributed by atoms with Gasteiger partial charge in [-0.1, -0.05) is 16.8 Å². The van der Waals surface area contributed by atoms with Crippen LogP contribution in [0, 0.1) is 0 Å². The number of guanidine groups is 1. The van der Waals surface area contributed by atoms with Gasteiger partial charge in [0.15, 0.2) is 5.96 Å². The number of piperazine rings is 1. The molecule has 0 aromatic carbocycles. The first kappa shape index (κ1) is 20.1. The van der Waals surface area contributed by atoms with Gasteiger partial charge in [-0.05, 0) is 18.6 Å². The lowest BCUT2D eigenvalue weighted by atomic mass is 10.3. The minimum Gasteiger partial charge on any atom is -0.364 e. The molecule has 2 aromatic rings. The number of sulfonamides is 1. The summed E-state index contributed by atoms with van der Waals surface area (Å²) in [6.07, 6.45) is 2.24. The van der Waals surface area contributed by atoms with Crippen LogP contribution >= 0.6 is 22.9 Å². The maximum Gasteiger partial charge on any atom is 0.220 e. The van der Waals surface area contributed by atoms with E-state index in [1.165, 1.54) is 15.4 Å². The van der Waals surface area contributed by atoms with E-state index in [-0.39, 0.29) is 5.75 Å². The van der Waals surface area contributed by atoms with Crippen molar-refractivity contribution in [3.05, 3.63) is 39.4 Å². The summed E-state index contributed by atoms with van der Waals surface area (Å²) >= 11 is 7.52. The summed E-state index contributed by atoms with van der Waals surface area (Å²) < 4.78 is 32.0. The molecular weight excluding hydrogens is 410 g/mol. The molecule has 3 rings (SSSR count). The zero-order valence-corrected chi connectivity index (χ0v) is 17.4. The first-order valence-electron chi connectivity index (χ1n) is 8.55. The van der Waals surface area contributed by atoms with Crippen LogP contribution < -0.4 is 5.32 Å². The zero-order chi connectivity index (χ0) is 19.3. The van der Waals surface area contributed by atoms with Crippen LogP contribution in [0.25, 0.3) is 0 Å². The maximum absolute atomic E-state index is 12.5. The minimum atomic E-state index is -3.40. The fourth-order valence-corrected chi connectivity index (χ4v) is 5.40. The first-order valence-corrected chi connectivity index (χ1v) is 11.4. The summed E-state index contributed by atoms with van der Waals surface area (Å²) in [5.41, 5.74) is 0.420. The van der Waals surface area contributed by atoms with Gasteiger partial charge in [-0.15, -0.1) is 11.3 Å². The molecule has 2 aromatic heterocycles. The highest BCUT2D eigenvalue weighted by atomic mass is 35.5. The Labute approximate surface area is 167 Å². The van der Waals surface area contributed by atoms with Crippen molar-refractivity contribution in [2.24, 2.45) is 4.99 Å². The summed E-state index contributed by atoms with van der Waals surface area (Å²) in [4.78, 5) is 7.60. The van der Waals surface area contributed by atoms with Crippen molar-refractivity contribution < 1.29 is 12.9 Å². The van der Waals surface area contributed by atoms with Crippen LogP contribution in [0.5, 0.6) is 0 Å². The fourth-order valence-electron chi connectivity index (χ4n) is 2.88. The van der Waals surface area contributed by atoms with Crippen molar-refractivity contribution in [2.75, 3.05) is 39.8 Å².